The van der Waals surface area contributed by atoms with Crippen LogP contribution in [-0.4, -0.2) is 0 Å². The molecule has 0 nitrogen and oxygen atoms in total. The van der Waals surface area contributed by atoms with E-state index in [9.17, 15) is 0 Å². The van der Waals surface area contributed by atoms with Gasteiger partial charge < -0.3 is 0 Å². The molecular formula is C27H40. The van der Waals surface area contributed by atoms with Crippen LogP contribution in [0.2, 0.25) is 0 Å². The van der Waals surface area contributed by atoms with E-state index in [0.29, 0.717) is 5.92 Å². The van der Waals surface area contributed by atoms with Crippen LogP contribution in [0.4, 0.5) is 0 Å². The summed E-state index contributed by atoms with van der Waals surface area (Å²) in [6.07, 6.45) is 1.12. The van der Waals surface area contributed by atoms with Crippen LogP contribution in [-0.2, 0) is 16.2 Å². The first-order valence-electron chi connectivity index (χ1n) is 10.5. The molecule has 0 aliphatic rings. The highest BCUT2D eigenvalue weighted by Crippen LogP contribution is 2.38. The van der Waals surface area contributed by atoms with Gasteiger partial charge in [0.1, 0.15) is 0 Å². The van der Waals surface area contributed by atoms with Crippen molar-refractivity contribution in [2.75, 3.05) is 0 Å². The highest BCUT2D eigenvalue weighted by atomic mass is 14.3. The molecule has 2 aromatic rings. The van der Waals surface area contributed by atoms with Gasteiger partial charge in [0.25, 0.3) is 0 Å². The Morgan fingerprint density at radius 1 is 0.593 bits per heavy atom. The molecule has 0 heterocycles. The molecule has 2 rings (SSSR count). The van der Waals surface area contributed by atoms with Crippen molar-refractivity contribution < 1.29 is 0 Å². The normalized spacial score (nSPS) is 14.3. The summed E-state index contributed by atoms with van der Waals surface area (Å²) in [5.74, 6) is 0.453. The Morgan fingerprint density at radius 3 is 1.48 bits per heavy atom. The third-order valence-electron chi connectivity index (χ3n) is 5.65. The fourth-order valence-corrected chi connectivity index (χ4v) is 3.93. The largest absolute Gasteiger partial charge is 0.0645 e. The van der Waals surface area contributed by atoms with Crippen LogP contribution in [0.25, 0.3) is 0 Å². The molecule has 1 atom stereocenters. The lowest BCUT2D eigenvalue weighted by Gasteiger charge is -2.31. The minimum absolute atomic E-state index is 0.146. The van der Waals surface area contributed by atoms with Gasteiger partial charge in [-0.05, 0) is 50.5 Å². The van der Waals surface area contributed by atoms with E-state index in [-0.39, 0.29) is 16.2 Å². The summed E-state index contributed by atoms with van der Waals surface area (Å²) in [7, 11) is 0. The molecule has 0 aliphatic heterocycles. The monoisotopic (exact) mass is 364 g/mol. The molecule has 27 heavy (non-hydrogen) atoms. The van der Waals surface area contributed by atoms with Crippen LogP contribution in [0.3, 0.4) is 0 Å². The maximum Gasteiger partial charge on any atom is 0.00868 e. The summed E-state index contributed by atoms with van der Waals surface area (Å²) in [4.78, 5) is 0. The topological polar surface area (TPSA) is 0 Å². The first kappa shape index (κ1) is 21.7. The zero-order valence-electron chi connectivity index (χ0n) is 19.3. The highest BCUT2D eigenvalue weighted by Gasteiger charge is 2.26. The average Bonchev–Trinajstić information content (AvgIpc) is 2.53. The maximum absolute atomic E-state index is 2.48. The molecule has 0 aromatic heterocycles. The Bertz CT molecular complexity index is 756. The van der Waals surface area contributed by atoms with Crippen molar-refractivity contribution >= 4 is 0 Å². The molecule has 0 N–H and O–H groups in total. The number of hydrogen-bond donors (Lipinski definition) is 0. The summed E-state index contributed by atoms with van der Waals surface area (Å²) < 4.78 is 0. The van der Waals surface area contributed by atoms with Gasteiger partial charge in [-0.1, -0.05) is 112 Å². The van der Waals surface area contributed by atoms with Crippen molar-refractivity contribution in [3.8, 4) is 0 Å². The second-order valence-corrected chi connectivity index (χ2v) is 11.1. The average molecular weight is 365 g/mol. The Labute approximate surface area is 168 Å². The standard InChI is InChI=1S/C27H40/c1-11-22(19-12-15-21(16-13-19)25(2,3)4)20-14-17-23(26(5,6)7)24(18-20)27(8,9)10/h12-18,22H,11H2,1-10H3. The van der Waals surface area contributed by atoms with Crippen LogP contribution in [0.15, 0.2) is 42.5 Å². The van der Waals surface area contributed by atoms with Gasteiger partial charge in [0, 0.05) is 5.92 Å². The van der Waals surface area contributed by atoms with E-state index in [0.717, 1.165) is 6.42 Å². The molecule has 0 amide bonds. The number of hydrogen-bond acceptors (Lipinski definition) is 0. The van der Waals surface area contributed by atoms with E-state index in [1.54, 1.807) is 0 Å². The van der Waals surface area contributed by atoms with E-state index in [1.165, 1.54) is 27.8 Å². The van der Waals surface area contributed by atoms with Crippen molar-refractivity contribution in [3.63, 3.8) is 0 Å². The molecule has 0 spiro atoms. The molecule has 0 saturated heterocycles. The third kappa shape index (κ3) is 5.03. The molecule has 0 bridgehead atoms. The smallest absolute Gasteiger partial charge is 0.00868 e. The summed E-state index contributed by atoms with van der Waals surface area (Å²) in [5.41, 5.74) is 7.74. The predicted octanol–water partition coefficient (Wildman–Crippen LogP) is 8.12. The summed E-state index contributed by atoms with van der Waals surface area (Å²) in [5, 5.41) is 0. The van der Waals surface area contributed by atoms with Crippen LogP contribution in [0, 0.1) is 0 Å². The number of benzene rings is 2. The molecular weight excluding hydrogens is 324 g/mol. The van der Waals surface area contributed by atoms with Crippen molar-refractivity contribution in [3.05, 3.63) is 70.3 Å². The lowest BCUT2D eigenvalue weighted by molar-refractivity contribution is 0.528. The molecule has 2 aromatic carbocycles. The first-order valence-corrected chi connectivity index (χ1v) is 10.5. The molecule has 148 valence electrons. The lowest BCUT2D eigenvalue weighted by Crippen LogP contribution is -2.22. The van der Waals surface area contributed by atoms with Crippen LogP contribution >= 0.6 is 0 Å². The Hall–Kier alpha value is -1.56. The minimum Gasteiger partial charge on any atom is -0.0645 e. The van der Waals surface area contributed by atoms with E-state index in [2.05, 4.69) is 112 Å². The summed E-state index contributed by atoms with van der Waals surface area (Å²) >= 11 is 0. The van der Waals surface area contributed by atoms with Crippen LogP contribution < -0.4 is 0 Å². The zero-order valence-corrected chi connectivity index (χ0v) is 19.3. The molecule has 0 radical (unpaired) electrons. The van der Waals surface area contributed by atoms with Crippen molar-refractivity contribution in [1.82, 2.24) is 0 Å². The fraction of sp³-hybridized carbons (Fsp3) is 0.556. The van der Waals surface area contributed by atoms with Gasteiger partial charge in [-0.15, -0.1) is 0 Å². The second kappa shape index (κ2) is 7.46. The lowest BCUT2D eigenvalue weighted by atomic mass is 9.73. The minimum atomic E-state index is 0.146. The summed E-state index contributed by atoms with van der Waals surface area (Å²) in [6.45, 7) is 23.1. The van der Waals surface area contributed by atoms with Gasteiger partial charge in [-0.25, -0.2) is 0 Å². The molecule has 0 aliphatic carbocycles. The van der Waals surface area contributed by atoms with Crippen molar-refractivity contribution in [2.24, 2.45) is 0 Å². The molecule has 0 heteroatoms. The van der Waals surface area contributed by atoms with E-state index in [4.69, 9.17) is 0 Å². The quantitative estimate of drug-likeness (QED) is 0.516. The SMILES string of the molecule is CCC(c1ccc(C(C)(C)C)cc1)c1ccc(C(C)(C)C)c(C(C)(C)C)c1. The van der Waals surface area contributed by atoms with E-state index in [1.807, 2.05) is 0 Å². The van der Waals surface area contributed by atoms with E-state index >= 15 is 0 Å². The van der Waals surface area contributed by atoms with Crippen LogP contribution in [0.1, 0.15) is 109 Å². The molecule has 0 fully saturated rings. The van der Waals surface area contributed by atoms with Gasteiger partial charge in [-0.2, -0.15) is 0 Å². The van der Waals surface area contributed by atoms with Gasteiger partial charge >= 0.3 is 0 Å². The zero-order chi connectivity index (χ0) is 20.6. The first-order chi connectivity index (χ1) is 12.2. The fourth-order valence-electron chi connectivity index (χ4n) is 3.93. The van der Waals surface area contributed by atoms with Crippen molar-refractivity contribution in [1.29, 1.82) is 0 Å². The van der Waals surface area contributed by atoms with Crippen LogP contribution in [0.5, 0.6) is 0 Å². The Morgan fingerprint density at radius 2 is 1.07 bits per heavy atom. The Balaban J connectivity index is 2.51. The predicted molar refractivity (Wildman–Crippen MR) is 121 cm³/mol. The Kier molecular flexibility index (Phi) is 6.00. The number of rotatable bonds is 3. The third-order valence-corrected chi connectivity index (χ3v) is 5.65. The van der Waals surface area contributed by atoms with Gasteiger partial charge in [0.15, 0.2) is 0 Å². The molecule has 1 unspecified atom stereocenters. The molecule has 0 saturated carbocycles. The highest BCUT2D eigenvalue weighted by molar-refractivity contribution is 5.44. The van der Waals surface area contributed by atoms with E-state index < -0.39 is 0 Å². The second-order valence-electron chi connectivity index (χ2n) is 11.1. The van der Waals surface area contributed by atoms with Gasteiger partial charge in [0.05, 0.1) is 0 Å². The van der Waals surface area contributed by atoms with Crippen molar-refractivity contribution in [2.45, 2.75) is 97.8 Å². The van der Waals surface area contributed by atoms with Gasteiger partial charge in [0.2, 0.25) is 0 Å². The van der Waals surface area contributed by atoms with Gasteiger partial charge in [-0.3, -0.25) is 0 Å². The maximum atomic E-state index is 2.48. The summed E-state index contributed by atoms with van der Waals surface area (Å²) in [6, 6.07) is 16.5.